The number of carboxylic acid groups (broad SMARTS) is 1. The first-order valence-corrected chi connectivity index (χ1v) is 16.2. The number of hydrogen-bond acceptors (Lipinski definition) is 7. The molecule has 2 fully saturated rings. The normalized spacial score (nSPS) is 31.2. The van der Waals surface area contributed by atoms with Crippen molar-refractivity contribution in [2.24, 2.45) is 11.8 Å². The maximum atomic E-state index is 15.0. The predicted molar refractivity (Wildman–Crippen MR) is 174 cm³/mol. The zero-order valence-corrected chi connectivity index (χ0v) is 28.0. The quantitative estimate of drug-likeness (QED) is 0.228. The molecule has 4 bridgehead atoms. The van der Waals surface area contributed by atoms with Gasteiger partial charge in [-0.15, -0.1) is 0 Å². The predicted octanol–water partition coefficient (Wildman–Crippen LogP) is 7.24. The topological polar surface area (TPSA) is 119 Å². The summed E-state index contributed by atoms with van der Waals surface area (Å²) < 4.78 is 20.5. The molecule has 1 spiro atoms. The molecule has 244 valence electrons. The van der Waals surface area contributed by atoms with Crippen LogP contribution in [0.1, 0.15) is 103 Å². The summed E-state index contributed by atoms with van der Waals surface area (Å²) in [6.45, 7) is 15.2. The first-order valence-electron chi connectivity index (χ1n) is 16.2. The number of Topliss-reactive ketones (excluding diaryl/α,β-unsaturated/α-hetero) is 2. The molecule has 1 aromatic rings. The number of carbonyl (C=O) groups is 3. The summed E-state index contributed by atoms with van der Waals surface area (Å²) in [6, 6.07) is 0. The van der Waals surface area contributed by atoms with Gasteiger partial charge in [-0.05, 0) is 93.2 Å². The first-order chi connectivity index (χ1) is 21.5. The summed E-state index contributed by atoms with van der Waals surface area (Å²) in [5.74, 6) is -2.17. The standard InChI is InChI=1S/C38H44O8/c1-20(2)10-9-15-36(8)16-14-25-29(39)24(12-11-21(3)4)32-28(31(25)44-36)30(40)26-18-23-19-27-35(6,7)46-37(33(23)41,38(26,27)45-32)17-13-22(5)34(42)43/h10-11,13-14,16,18,23,27,39H,9,12,15,17,19H2,1-8H3,(H,42,43). The number of aromatic hydroxyl groups is 1. The second-order valence-electron chi connectivity index (χ2n) is 14.8. The highest BCUT2D eigenvalue weighted by Crippen LogP contribution is 2.68. The highest BCUT2D eigenvalue weighted by atomic mass is 16.6. The molecule has 2 N–H and O–H groups in total. The van der Waals surface area contributed by atoms with Crippen LogP contribution in [-0.2, 0) is 20.7 Å². The lowest BCUT2D eigenvalue weighted by Gasteiger charge is -2.56. The smallest absolute Gasteiger partial charge is 0.330 e. The molecule has 6 aliphatic rings. The van der Waals surface area contributed by atoms with Crippen molar-refractivity contribution >= 4 is 23.6 Å². The second-order valence-corrected chi connectivity index (χ2v) is 14.8. The number of hydrogen-bond donors (Lipinski definition) is 2. The van der Waals surface area contributed by atoms with Crippen LogP contribution in [0.15, 0.2) is 52.7 Å². The van der Waals surface area contributed by atoms with Crippen LogP contribution >= 0.6 is 0 Å². The van der Waals surface area contributed by atoms with Gasteiger partial charge in [0.15, 0.2) is 22.8 Å². The van der Waals surface area contributed by atoms with E-state index in [1.807, 2.05) is 66.7 Å². The average Bonchev–Trinajstić information content (AvgIpc) is 3.12. The minimum absolute atomic E-state index is 0.0375. The van der Waals surface area contributed by atoms with Crippen LogP contribution in [-0.4, -0.2) is 50.2 Å². The molecule has 8 nitrogen and oxygen atoms in total. The fourth-order valence-electron chi connectivity index (χ4n) is 8.16. The van der Waals surface area contributed by atoms with Crippen molar-refractivity contribution in [2.75, 3.05) is 0 Å². The lowest BCUT2D eigenvalue weighted by atomic mass is 9.51. The molecule has 1 saturated carbocycles. The summed E-state index contributed by atoms with van der Waals surface area (Å²) in [5.41, 5.74) is -1.01. The van der Waals surface area contributed by atoms with E-state index in [4.69, 9.17) is 14.2 Å². The van der Waals surface area contributed by atoms with Gasteiger partial charge in [-0.25, -0.2) is 4.79 Å². The van der Waals surface area contributed by atoms with E-state index in [1.54, 1.807) is 6.08 Å². The van der Waals surface area contributed by atoms with Crippen LogP contribution in [0.25, 0.3) is 6.08 Å². The molecule has 5 atom stereocenters. The molecule has 3 aliphatic carbocycles. The number of fused-ring (bicyclic) bond motifs is 3. The summed E-state index contributed by atoms with van der Waals surface area (Å²) in [5, 5.41) is 21.5. The van der Waals surface area contributed by atoms with Gasteiger partial charge < -0.3 is 24.4 Å². The van der Waals surface area contributed by atoms with Crippen molar-refractivity contribution in [3.8, 4) is 17.2 Å². The molecule has 8 heteroatoms. The van der Waals surface area contributed by atoms with Crippen molar-refractivity contribution < 1.29 is 38.8 Å². The Morgan fingerprint density at radius 1 is 1.00 bits per heavy atom. The van der Waals surface area contributed by atoms with Gasteiger partial charge >= 0.3 is 5.97 Å². The molecule has 0 amide bonds. The van der Waals surface area contributed by atoms with Gasteiger partial charge in [0.2, 0.25) is 0 Å². The van der Waals surface area contributed by atoms with Gasteiger partial charge in [0.05, 0.1) is 11.2 Å². The number of benzene rings is 1. The number of carbonyl (C=O) groups excluding carboxylic acids is 2. The Kier molecular flexibility index (Phi) is 7.36. The Morgan fingerprint density at radius 2 is 1.70 bits per heavy atom. The summed E-state index contributed by atoms with van der Waals surface area (Å²) in [7, 11) is 0. The summed E-state index contributed by atoms with van der Waals surface area (Å²) in [6.07, 6.45) is 13.2. The van der Waals surface area contributed by atoms with Crippen LogP contribution in [0.3, 0.4) is 0 Å². The maximum Gasteiger partial charge on any atom is 0.330 e. The largest absolute Gasteiger partial charge is 0.507 e. The van der Waals surface area contributed by atoms with E-state index in [-0.39, 0.29) is 58.7 Å². The van der Waals surface area contributed by atoms with E-state index in [0.717, 1.165) is 12.0 Å². The van der Waals surface area contributed by atoms with E-state index in [1.165, 1.54) is 18.6 Å². The molecule has 5 unspecified atom stereocenters. The monoisotopic (exact) mass is 628 g/mol. The lowest BCUT2D eigenvalue weighted by Crippen LogP contribution is -2.72. The molecule has 1 aromatic carbocycles. The number of phenols is 1. The molecular formula is C38H44O8. The van der Waals surface area contributed by atoms with Crippen LogP contribution in [0.2, 0.25) is 0 Å². The second kappa shape index (κ2) is 10.6. The Balaban J connectivity index is 1.59. The fourth-order valence-corrected chi connectivity index (χ4v) is 8.16. The Hall–Kier alpha value is -3.91. The van der Waals surface area contributed by atoms with Crippen molar-refractivity contribution in [1.29, 1.82) is 0 Å². The Bertz CT molecular complexity index is 1730. The molecule has 46 heavy (non-hydrogen) atoms. The van der Waals surface area contributed by atoms with Gasteiger partial charge in [-0.3, -0.25) is 9.59 Å². The van der Waals surface area contributed by atoms with Crippen molar-refractivity contribution in [1.82, 2.24) is 0 Å². The number of ketones is 2. The van der Waals surface area contributed by atoms with Crippen molar-refractivity contribution in [3.05, 3.63) is 69.4 Å². The van der Waals surface area contributed by atoms with Gasteiger partial charge in [0.1, 0.15) is 28.4 Å². The van der Waals surface area contributed by atoms with E-state index in [9.17, 15) is 19.8 Å². The van der Waals surface area contributed by atoms with Crippen LogP contribution < -0.4 is 9.47 Å². The van der Waals surface area contributed by atoms with Crippen molar-refractivity contribution in [2.45, 2.75) is 110 Å². The average molecular weight is 629 g/mol. The molecular weight excluding hydrogens is 584 g/mol. The van der Waals surface area contributed by atoms with E-state index >= 15 is 4.79 Å². The number of carboxylic acids is 1. The van der Waals surface area contributed by atoms with Crippen molar-refractivity contribution in [3.63, 3.8) is 0 Å². The SMILES string of the molecule is CC(C)=CCCC1(C)C=Cc2c(O)c(CC=C(C)C)c3c(c2O1)C(=O)C1=CC2CC4C(C)(C)OC(CC=C(C)C(=O)O)(C2=O)C14O3. The Morgan fingerprint density at radius 3 is 2.35 bits per heavy atom. The highest BCUT2D eigenvalue weighted by Gasteiger charge is 2.81. The number of rotatable bonds is 8. The third-order valence-electron chi connectivity index (χ3n) is 10.5. The lowest BCUT2D eigenvalue weighted by molar-refractivity contribution is -0.171. The minimum Gasteiger partial charge on any atom is -0.507 e. The van der Waals surface area contributed by atoms with Gasteiger partial charge in [-0.1, -0.05) is 35.5 Å². The van der Waals surface area contributed by atoms with Gasteiger partial charge in [0, 0.05) is 35.0 Å². The van der Waals surface area contributed by atoms with Gasteiger partial charge in [0.25, 0.3) is 0 Å². The first kappa shape index (κ1) is 32.0. The van der Waals surface area contributed by atoms with E-state index < -0.39 is 34.3 Å². The van der Waals surface area contributed by atoms with Crippen LogP contribution in [0, 0.1) is 11.8 Å². The number of aliphatic carboxylic acids is 1. The summed E-state index contributed by atoms with van der Waals surface area (Å²) >= 11 is 0. The number of ether oxygens (including phenoxy) is 3. The fraction of sp³-hybridized carbons (Fsp3) is 0.500. The van der Waals surface area contributed by atoms with Crippen LogP contribution in [0.4, 0.5) is 0 Å². The van der Waals surface area contributed by atoms with E-state index in [0.29, 0.717) is 29.5 Å². The zero-order chi connectivity index (χ0) is 33.6. The highest BCUT2D eigenvalue weighted by molar-refractivity contribution is 6.19. The third kappa shape index (κ3) is 4.47. The number of phenolic OH excluding ortho intramolecular Hbond substituents is 1. The number of allylic oxidation sites excluding steroid dienone is 5. The molecule has 3 aliphatic heterocycles. The molecule has 3 heterocycles. The maximum absolute atomic E-state index is 15.0. The molecule has 7 rings (SSSR count). The van der Waals surface area contributed by atoms with E-state index in [2.05, 4.69) is 6.08 Å². The minimum atomic E-state index is -1.63. The van der Waals surface area contributed by atoms with Crippen LogP contribution in [0.5, 0.6) is 17.2 Å². The van der Waals surface area contributed by atoms with Gasteiger partial charge in [-0.2, -0.15) is 0 Å². The third-order valence-corrected chi connectivity index (χ3v) is 10.5. The molecule has 0 aromatic heterocycles. The Labute approximate surface area is 270 Å². The summed E-state index contributed by atoms with van der Waals surface area (Å²) in [4.78, 5) is 41.1. The zero-order valence-electron chi connectivity index (χ0n) is 28.0. The molecule has 0 radical (unpaired) electrons. The molecule has 1 saturated heterocycles.